The molecule has 1 atom stereocenters. The van der Waals surface area contributed by atoms with E-state index in [4.69, 9.17) is 0 Å². The second kappa shape index (κ2) is 6.95. The molecule has 0 radical (unpaired) electrons. The summed E-state index contributed by atoms with van der Waals surface area (Å²) in [6, 6.07) is 0. The van der Waals surface area contributed by atoms with Crippen LogP contribution in [0, 0.1) is 0 Å². The van der Waals surface area contributed by atoms with Crippen LogP contribution in [-0.2, 0) is 5.41 Å². The molecule has 2 heteroatoms. The topological polar surface area (TPSA) is 12.9 Å². The first-order valence-corrected chi connectivity index (χ1v) is 7.59. The largest absolute Gasteiger partial charge is 0.193 e. The molecule has 0 aromatic carbocycles. The molecule has 17 heavy (non-hydrogen) atoms. The second-order valence-corrected chi connectivity index (χ2v) is 5.67. The van der Waals surface area contributed by atoms with E-state index >= 15 is 0 Å². The lowest BCUT2D eigenvalue weighted by atomic mass is 9.76. The summed E-state index contributed by atoms with van der Waals surface area (Å²) in [6.45, 7) is 10.8. The van der Waals surface area contributed by atoms with Gasteiger partial charge in [0, 0.05) is 5.38 Å². The van der Waals surface area contributed by atoms with E-state index in [2.05, 4.69) is 37.1 Å². The van der Waals surface area contributed by atoms with Crippen molar-refractivity contribution >= 4 is 17.6 Å². The molecule has 1 heterocycles. The van der Waals surface area contributed by atoms with Crippen molar-refractivity contribution in [3.8, 4) is 0 Å². The van der Waals surface area contributed by atoms with Gasteiger partial charge in [0.2, 0.25) is 0 Å². The van der Waals surface area contributed by atoms with Gasteiger partial charge < -0.3 is 0 Å². The van der Waals surface area contributed by atoms with Crippen molar-refractivity contribution in [1.82, 2.24) is 4.37 Å². The van der Waals surface area contributed by atoms with E-state index in [1.54, 1.807) is 11.5 Å². The molecule has 0 fully saturated rings. The highest BCUT2D eigenvalue weighted by Gasteiger charge is 2.27. The van der Waals surface area contributed by atoms with Crippen LogP contribution < -0.4 is 0 Å². The Morgan fingerprint density at radius 2 is 2.12 bits per heavy atom. The molecule has 0 saturated carbocycles. The Morgan fingerprint density at radius 1 is 1.35 bits per heavy atom. The molecule has 0 spiro atoms. The molecule has 0 amide bonds. The molecular weight excluding hydrogens is 226 g/mol. The first-order valence-electron chi connectivity index (χ1n) is 6.75. The molecule has 1 unspecified atom stereocenters. The second-order valence-electron chi connectivity index (χ2n) is 5.04. The third-order valence-corrected chi connectivity index (χ3v) is 4.45. The SMILES string of the molecule is C=Cc1nscc1C(C)(CC)CCCCCC. The molecule has 0 aliphatic heterocycles. The normalized spacial score (nSPS) is 14.5. The van der Waals surface area contributed by atoms with Gasteiger partial charge in [-0.05, 0) is 41.4 Å². The summed E-state index contributed by atoms with van der Waals surface area (Å²) in [6.07, 6.45) is 9.68. The van der Waals surface area contributed by atoms with E-state index in [-0.39, 0.29) is 5.41 Å². The maximum absolute atomic E-state index is 4.42. The van der Waals surface area contributed by atoms with E-state index < -0.39 is 0 Å². The maximum Gasteiger partial charge on any atom is 0.0799 e. The fraction of sp³-hybridized carbons (Fsp3) is 0.667. The third-order valence-electron chi connectivity index (χ3n) is 3.80. The predicted molar refractivity (Wildman–Crippen MR) is 78.6 cm³/mol. The summed E-state index contributed by atoms with van der Waals surface area (Å²) in [5, 5.41) is 2.21. The number of hydrogen-bond acceptors (Lipinski definition) is 2. The standard InChI is InChI=1S/C15H25NS/c1-5-8-9-10-11-15(4,7-3)13-12-17-16-14(13)6-2/h6,12H,2,5,7-11H2,1,3-4H3. The molecule has 0 bridgehead atoms. The lowest BCUT2D eigenvalue weighted by molar-refractivity contribution is 0.396. The summed E-state index contributed by atoms with van der Waals surface area (Å²) >= 11 is 1.56. The maximum atomic E-state index is 4.42. The van der Waals surface area contributed by atoms with Crippen molar-refractivity contribution < 1.29 is 0 Å². The molecule has 0 saturated heterocycles. The Balaban J connectivity index is 2.70. The lowest BCUT2D eigenvalue weighted by Gasteiger charge is -2.28. The number of rotatable bonds is 8. The quantitative estimate of drug-likeness (QED) is 0.562. The summed E-state index contributed by atoms with van der Waals surface area (Å²) < 4.78 is 4.42. The monoisotopic (exact) mass is 251 g/mol. The number of unbranched alkanes of at least 4 members (excludes halogenated alkanes) is 3. The molecule has 0 aliphatic rings. The summed E-state index contributed by atoms with van der Waals surface area (Å²) in [5.74, 6) is 0. The van der Waals surface area contributed by atoms with Crippen molar-refractivity contribution in [3.63, 3.8) is 0 Å². The van der Waals surface area contributed by atoms with Gasteiger partial charge in [0.1, 0.15) is 0 Å². The summed E-state index contributed by atoms with van der Waals surface area (Å²) in [5.41, 5.74) is 2.77. The van der Waals surface area contributed by atoms with Gasteiger partial charge in [0.25, 0.3) is 0 Å². The fourth-order valence-corrected chi connectivity index (χ4v) is 3.14. The molecular formula is C15H25NS. The van der Waals surface area contributed by atoms with Gasteiger partial charge in [0.15, 0.2) is 0 Å². The highest BCUT2D eigenvalue weighted by molar-refractivity contribution is 7.03. The Labute approximate surface area is 110 Å². The van der Waals surface area contributed by atoms with Crippen LogP contribution in [-0.4, -0.2) is 4.37 Å². The van der Waals surface area contributed by atoms with Gasteiger partial charge in [0.05, 0.1) is 5.69 Å². The average Bonchev–Trinajstić information content (AvgIpc) is 2.83. The van der Waals surface area contributed by atoms with Crippen LogP contribution in [0.3, 0.4) is 0 Å². The zero-order valence-corrected chi connectivity index (χ0v) is 12.3. The lowest BCUT2D eigenvalue weighted by Crippen LogP contribution is -2.21. The van der Waals surface area contributed by atoms with Crippen molar-refractivity contribution in [2.24, 2.45) is 0 Å². The first kappa shape index (κ1) is 14.4. The summed E-state index contributed by atoms with van der Waals surface area (Å²) in [4.78, 5) is 0. The van der Waals surface area contributed by atoms with Gasteiger partial charge in [-0.25, -0.2) is 0 Å². The van der Waals surface area contributed by atoms with Gasteiger partial charge in [-0.2, -0.15) is 4.37 Å². The molecule has 1 nitrogen and oxygen atoms in total. The molecule has 1 rings (SSSR count). The minimum absolute atomic E-state index is 0.282. The number of nitrogens with zero attached hydrogens (tertiary/aromatic N) is 1. The number of aromatic nitrogens is 1. The van der Waals surface area contributed by atoms with Crippen LogP contribution in [0.1, 0.15) is 70.6 Å². The van der Waals surface area contributed by atoms with E-state index in [1.165, 1.54) is 44.1 Å². The predicted octanol–water partition coefficient (Wildman–Crippen LogP) is 5.42. The van der Waals surface area contributed by atoms with Crippen LogP contribution in [0.25, 0.3) is 6.08 Å². The van der Waals surface area contributed by atoms with E-state index in [0.717, 1.165) is 5.69 Å². The van der Waals surface area contributed by atoms with E-state index in [9.17, 15) is 0 Å². The van der Waals surface area contributed by atoms with Crippen LogP contribution in [0.4, 0.5) is 0 Å². The molecule has 1 aromatic rings. The molecule has 1 aromatic heterocycles. The molecule has 96 valence electrons. The van der Waals surface area contributed by atoms with Crippen LogP contribution >= 0.6 is 11.5 Å². The zero-order valence-electron chi connectivity index (χ0n) is 11.5. The third kappa shape index (κ3) is 3.67. The van der Waals surface area contributed by atoms with Crippen molar-refractivity contribution in [3.05, 3.63) is 23.2 Å². The van der Waals surface area contributed by atoms with Gasteiger partial charge in [-0.3, -0.25) is 0 Å². The van der Waals surface area contributed by atoms with Crippen molar-refractivity contribution in [2.75, 3.05) is 0 Å². The average molecular weight is 251 g/mol. The van der Waals surface area contributed by atoms with Crippen LogP contribution in [0.15, 0.2) is 12.0 Å². The minimum atomic E-state index is 0.282. The Hall–Kier alpha value is -0.630. The minimum Gasteiger partial charge on any atom is -0.193 e. The molecule has 0 aliphatic carbocycles. The first-order chi connectivity index (χ1) is 8.18. The smallest absolute Gasteiger partial charge is 0.0799 e. The Bertz CT molecular complexity index is 342. The van der Waals surface area contributed by atoms with Crippen molar-refractivity contribution in [1.29, 1.82) is 0 Å². The van der Waals surface area contributed by atoms with Gasteiger partial charge in [-0.15, -0.1) is 0 Å². The van der Waals surface area contributed by atoms with Crippen molar-refractivity contribution in [2.45, 2.75) is 64.7 Å². The highest BCUT2D eigenvalue weighted by atomic mass is 32.1. The molecule has 0 N–H and O–H groups in total. The van der Waals surface area contributed by atoms with E-state index in [0.29, 0.717) is 0 Å². The highest BCUT2D eigenvalue weighted by Crippen LogP contribution is 2.36. The van der Waals surface area contributed by atoms with Crippen LogP contribution in [0.5, 0.6) is 0 Å². The van der Waals surface area contributed by atoms with Gasteiger partial charge in [-0.1, -0.05) is 53.0 Å². The number of hydrogen-bond donors (Lipinski definition) is 0. The Kier molecular flexibility index (Phi) is 5.90. The zero-order chi connectivity index (χ0) is 12.7. The fourth-order valence-electron chi connectivity index (χ4n) is 2.29. The van der Waals surface area contributed by atoms with E-state index in [1.807, 2.05) is 6.08 Å². The van der Waals surface area contributed by atoms with Gasteiger partial charge >= 0.3 is 0 Å². The van der Waals surface area contributed by atoms with Crippen LogP contribution in [0.2, 0.25) is 0 Å². The Morgan fingerprint density at radius 3 is 2.71 bits per heavy atom. The summed E-state index contributed by atoms with van der Waals surface area (Å²) in [7, 11) is 0.